The molecule has 3 heteroatoms. The van der Waals surface area contributed by atoms with Crippen molar-refractivity contribution in [3.05, 3.63) is 0 Å². The Hall–Kier alpha value is -0.120. The summed E-state index contributed by atoms with van der Waals surface area (Å²) >= 11 is 0. The number of likely N-dealkylation sites (N-methyl/N-ethyl adjacent to an activating group) is 2. The zero-order valence-corrected chi connectivity index (χ0v) is 6.17. The van der Waals surface area contributed by atoms with Crippen molar-refractivity contribution in [3.63, 3.8) is 0 Å². The fourth-order valence-electron chi connectivity index (χ4n) is 1.04. The molecule has 0 unspecified atom stereocenters. The molecule has 1 fully saturated rings. The summed E-state index contributed by atoms with van der Waals surface area (Å²) in [6, 6.07) is 0. The highest BCUT2D eigenvalue weighted by Crippen LogP contribution is 1.98. The van der Waals surface area contributed by atoms with Gasteiger partial charge >= 0.3 is 0 Å². The first-order chi connectivity index (χ1) is 4.20. The van der Waals surface area contributed by atoms with E-state index < -0.39 is 0 Å². The standard InChI is InChI=1S/C6H15N3/c1-8-3-4-9(2)6(7)5-8/h6H,3-5,7H2,1-2H3/t6-/m0/s1. The maximum atomic E-state index is 5.75. The summed E-state index contributed by atoms with van der Waals surface area (Å²) in [6.07, 6.45) is 0.240. The number of nitrogens with zero attached hydrogens (tertiary/aromatic N) is 2. The summed E-state index contributed by atoms with van der Waals surface area (Å²) in [5.74, 6) is 0. The van der Waals surface area contributed by atoms with Gasteiger partial charge in [-0.1, -0.05) is 0 Å². The zero-order chi connectivity index (χ0) is 6.85. The minimum absolute atomic E-state index is 0.240. The molecule has 0 radical (unpaired) electrons. The predicted octanol–water partition coefficient (Wildman–Crippen LogP) is -0.852. The Labute approximate surface area is 56.4 Å². The molecule has 1 aliphatic heterocycles. The molecule has 9 heavy (non-hydrogen) atoms. The van der Waals surface area contributed by atoms with Crippen molar-refractivity contribution in [2.24, 2.45) is 5.73 Å². The van der Waals surface area contributed by atoms with Crippen molar-refractivity contribution in [2.45, 2.75) is 6.17 Å². The monoisotopic (exact) mass is 129 g/mol. The molecule has 54 valence electrons. The molecule has 1 aliphatic rings. The Morgan fingerprint density at radius 3 is 2.44 bits per heavy atom. The van der Waals surface area contributed by atoms with Crippen LogP contribution >= 0.6 is 0 Å². The molecule has 0 aliphatic carbocycles. The van der Waals surface area contributed by atoms with E-state index >= 15 is 0 Å². The molecular formula is C6H15N3. The smallest absolute Gasteiger partial charge is 0.0700 e. The Kier molecular flexibility index (Phi) is 2.05. The summed E-state index contributed by atoms with van der Waals surface area (Å²) in [4.78, 5) is 4.44. The van der Waals surface area contributed by atoms with Gasteiger partial charge in [-0.2, -0.15) is 0 Å². The van der Waals surface area contributed by atoms with Crippen molar-refractivity contribution >= 4 is 0 Å². The van der Waals surface area contributed by atoms with Crippen LogP contribution in [0.1, 0.15) is 0 Å². The second-order valence-electron chi connectivity index (χ2n) is 2.81. The fourth-order valence-corrected chi connectivity index (χ4v) is 1.04. The Morgan fingerprint density at radius 2 is 2.00 bits per heavy atom. The maximum Gasteiger partial charge on any atom is 0.0700 e. The van der Waals surface area contributed by atoms with E-state index in [0.29, 0.717) is 0 Å². The van der Waals surface area contributed by atoms with E-state index in [1.54, 1.807) is 0 Å². The number of nitrogens with two attached hydrogens (primary N) is 1. The molecule has 1 rings (SSSR count). The largest absolute Gasteiger partial charge is 0.315 e. The third-order valence-corrected chi connectivity index (χ3v) is 1.90. The van der Waals surface area contributed by atoms with Crippen LogP contribution in [0.15, 0.2) is 0 Å². The predicted molar refractivity (Wildman–Crippen MR) is 38.1 cm³/mol. The Morgan fingerprint density at radius 1 is 1.33 bits per heavy atom. The topological polar surface area (TPSA) is 32.5 Å². The van der Waals surface area contributed by atoms with E-state index in [9.17, 15) is 0 Å². The lowest BCUT2D eigenvalue weighted by atomic mass is 10.3. The summed E-state index contributed by atoms with van der Waals surface area (Å²) in [7, 11) is 4.17. The van der Waals surface area contributed by atoms with E-state index in [1.165, 1.54) is 0 Å². The second-order valence-corrected chi connectivity index (χ2v) is 2.81. The Bertz CT molecular complexity index is 94.3. The minimum atomic E-state index is 0.240. The SMILES string of the molecule is CN1CCN(C)[C@H](N)C1. The third kappa shape index (κ3) is 1.64. The van der Waals surface area contributed by atoms with Crippen LogP contribution in [0, 0.1) is 0 Å². The van der Waals surface area contributed by atoms with Crippen molar-refractivity contribution in [3.8, 4) is 0 Å². The highest BCUT2D eigenvalue weighted by Gasteiger charge is 2.17. The van der Waals surface area contributed by atoms with Crippen LogP contribution in [-0.4, -0.2) is 49.7 Å². The van der Waals surface area contributed by atoms with Crippen molar-refractivity contribution in [1.29, 1.82) is 0 Å². The summed E-state index contributed by atoms with van der Waals surface area (Å²) in [5, 5.41) is 0. The number of hydrogen-bond acceptors (Lipinski definition) is 3. The molecule has 0 spiro atoms. The summed E-state index contributed by atoms with van der Waals surface area (Å²) < 4.78 is 0. The summed E-state index contributed by atoms with van der Waals surface area (Å²) in [5.41, 5.74) is 5.75. The van der Waals surface area contributed by atoms with Gasteiger partial charge in [0.25, 0.3) is 0 Å². The first-order valence-corrected chi connectivity index (χ1v) is 3.34. The first kappa shape index (κ1) is 6.99. The molecule has 1 saturated heterocycles. The van der Waals surface area contributed by atoms with Gasteiger partial charge in [-0.15, -0.1) is 0 Å². The highest BCUT2D eigenvalue weighted by molar-refractivity contribution is 4.72. The van der Waals surface area contributed by atoms with Gasteiger partial charge in [-0.05, 0) is 14.1 Å². The van der Waals surface area contributed by atoms with Crippen molar-refractivity contribution < 1.29 is 0 Å². The molecule has 1 atom stereocenters. The van der Waals surface area contributed by atoms with E-state index in [2.05, 4.69) is 23.9 Å². The average molecular weight is 129 g/mol. The molecule has 0 aromatic heterocycles. The Balaban J connectivity index is 2.35. The normalized spacial score (nSPS) is 33.0. The number of rotatable bonds is 0. The minimum Gasteiger partial charge on any atom is -0.315 e. The van der Waals surface area contributed by atoms with Gasteiger partial charge < -0.3 is 10.6 Å². The van der Waals surface area contributed by atoms with Gasteiger partial charge in [-0.25, -0.2) is 0 Å². The second kappa shape index (κ2) is 2.64. The van der Waals surface area contributed by atoms with Gasteiger partial charge in [0.05, 0.1) is 6.17 Å². The van der Waals surface area contributed by atoms with E-state index in [-0.39, 0.29) is 6.17 Å². The zero-order valence-electron chi connectivity index (χ0n) is 6.17. The summed E-state index contributed by atoms with van der Waals surface area (Å²) in [6.45, 7) is 3.23. The van der Waals surface area contributed by atoms with Crippen LogP contribution in [0.5, 0.6) is 0 Å². The van der Waals surface area contributed by atoms with Crippen LogP contribution in [-0.2, 0) is 0 Å². The first-order valence-electron chi connectivity index (χ1n) is 3.34. The van der Waals surface area contributed by atoms with Crippen molar-refractivity contribution in [2.75, 3.05) is 33.7 Å². The molecule has 0 amide bonds. The van der Waals surface area contributed by atoms with Crippen LogP contribution < -0.4 is 5.73 Å². The molecule has 0 bridgehead atoms. The lowest BCUT2D eigenvalue weighted by molar-refractivity contribution is 0.118. The number of piperazine rings is 1. The quantitative estimate of drug-likeness (QED) is 0.462. The van der Waals surface area contributed by atoms with Gasteiger partial charge in [0.1, 0.15) is 0 Å². The van der Waals surface area contributed by atoms with E-state index in [1.807, 2.05) is 0 Å². The molecule has 0 saturated carbocycles. The number of hydrogen-bond donors (Lipinski definition) is 1. The lowest BCUT2D eigenvalue weighted by Crippen LogP contribution is -2.54. The molecule has 2 N–H and O–H groups in total. The van der Waals surface area contributed by atoms with E-state index in [4.69, 9.17) is 5.73 Å². The van der Waals surface area contributed by atoms with Crippen LogP contribution in [0.2, 0.25) is 0 Å². The van der Waals surface area contributed by atoms with Crippen LogP contribution in [0.4, 0.5) is 0 Å². The molecular weight excluding hydrogens is 114 g/mol. The van der Waals surface area contributed by atoms with Gasteiger partial charge in [-0.3, -0.25) is 4.90 Å². The van der Waals surface area contributed by atoms with Crippen LogP contribution in [0.3, 0.4) is 0 Å². The van der Waals surface area contributed by atoms with Gasteiger partial charge in [0.15, 0.2) is 0 Å². The molecule has 1 heterocycles. The van der Waals surface area contributed by atoms with Crippen molar-refractivity contribution in [1.82, 2.24) is 9.80 Å². The average Bonchev–Trinajstić information content (AvgIpc) is 1.80. The fraction of sp³-hybridized carbons (Fsp3) is 1.00. The highest BCUT2D eigenvalue weighted by atomic mass is 15.3. The molecule has 0 aromatic rings. The van der Waals surface area contributed by atoms with E-state index in [0.717, 1.165) is 19.6 Å². The van der Waals surface area contributed by atoms with Crippen LogP contribution in [0.25, 0.3) is 0 Å². The lowest BCUT2D eigenvalue weighted by Gasteiger charge is -2.35. The maximum absolute atomic E-state index is 5.75. The van der Waals surface area contributed by atoms with Gasteiger partial charge in [0, 0.05) is 19.6 Å². The molecule has 0 aromatic carbocycles. The van der Waals surface area contributed by atoms with Gasteiger partial charge in [0.2, 0.25) is 0 Å². The molecule has 3 nitrogen and oxygen atoms in total. The third-order valence-electron chi connectivity index (χ3n) is 1.90.